The van der Waals surface area contributed by atoms with Crippen molar-refractivity contribution in [3.63, 3.8) is 0 Å². The molecule has 0 aliphatic rings. The Labute approximate surface area is 163 Å². The molecular weight excluding hydrogens is 356 g/mol. The van der Waals surface area contributed by atoms with Gasteiger partial charge in [-0.15, -0.1) is 0 Å². The average molecular weight is 382 g/mol. The van der Waals surface area contributed by atoms with E-state index < -0.39 is 0 Å². The van der Waals surface area contributed by atoms with Crippen molar-refractivity contribution in [1.29, 1.82) is 0 Å². The van der Waals surface area contributed by atoms with Gasteiger partial charge in [0.25, 0.3) is 0 Å². The number of rotatable bonds is 2. The number of anilines is 2. The molecule has 0 aliphatic carbocycles. The molecule has 0 saturated carbocycles. The first kappa shape index (κ1) is 19.5. The minimum Gasteiger partial charge on any atom is -0.382 e. The highest BCUT2D eigenvalue weighted by atomic mass is 15.2. The van der Waals surface area contributed by atoms with E-state index in [1.54, 1.807) is 12.7 Å². The molecule has 10 nitrogen and oxygen atoms in total. The predicted octanol–water partition coefficient (Wildman–Crippen LogP) is 2.60. The summed E-state index contributed by atoms with van der Waals surface area (Å²) in [6.45, 7) is 12.0. The van der Waals surface area contributed by atoms with E-state index in [4.69, 9.17) is 11.5 Å². The Morgan fingerprint density at radius 3 is 1.36 bits per heavy atom. The van der Waals surface area contributed by atoms with Gasteiger partial charge in [0.15, 0.2) is 22.9 Å². The first-order chi connectivity index (χ1) is 13.2. The monoisotopic (exact) mass is 382 g/mol. The zero-order valence-corrected chi connectivity index (χ0v) is 17.0. The first-order valence-electron chi connectivity index (χ1n) is 9.12. The Morgan fingerprint density at radius 2 is 1.04 bits per heavy atom. The number of nitrogens with zero attached hydrogens (tertiary/aromatic N) is 8. The number of hydrogen-bond acceptors (Lipinski definition) is 8. The quantitative estimate of drug-likeness (QED) is 0.539. The Morgan fingerprint density at radius 1 is 0.679 bits per heavy atom. The summed E-state index contributed by atoms with van der Waals surface area (Å²) in [5.74, 6) is 2.26. The van der Waals surface area contributed by atoms with Gasteiger partial charge < -0.3 is 20.6 Å². The molecule has 148 valence electrons. The van der Waals surface area contributed by atoms with Crippen molar-refractivity contribution in [2.24, 2.45) is 0 Å². The normalized spacial score (nSPS) is 11.4. The number of aromatic nitrogens is 8. The maximum absolute atomic E-state index is 5.74. The maximum atomic E-state index is 5.74. The fourth-order valence-electron chi connectivity index (χ4n) is 2.86. The summed E-state index contributed by atoms with van der Waals surface area (Å²) in [6.07, 6.45) is 3.50. The SMILES string of the molecule is Cc1nc(N)c2ncn(C(C)C)c2n1.Cc1nc(N)c2ncn(C(C)C)c2n1. The number of nitrogens with two attached hydrogens (primary N) is 2. The highest BCUT2D eigenvalue weighted by Gasteiger charge is 2.11. The van der Waals surface area contributed by atoms with Crippen LogP contribution in [-0.4, -0.2) is 39.0 Å². The summed E-state index contributed by atoms with van der Waals surface area (Å²) in [5.41, 5.74) is 14.5. The van der Waals surface area contributed by atoms with Gasteiger partial charge in [-0.2, -0.15) is 0 Å². The summed E-state index contributed by atoms with van der Waals surface area (Å²) in [6, 6.07) is 0.655. The summed E-state index contributed by atoms with van der Waals surface area (Å²) in [7, 11) is 0. The highest BCUT2D eigenvalue weighted by Crippen LogP contribution is 2.20. The lowest BCUT2D eigenvalue weighted by atomic mass is 10.4. The Bertz CT molecular complexity index is 1030. The molecule has 4 N–H and O–H groups in total. The topological polar surface area (TPSA) is 139 Å². The van der Waals surface area contributed by atoms with Gasteiger partial charge in [-0.25, -0.2) is 29.9 Å². The van der Waals surface area contributed by atoms with E-state index in [1.807, 2.05) is 23.0 Å². The minimum atomic E-state index is 0.327. The molecule has 0 amide bonds. The van der Waals surface area contributed by atoms with Crippen molar-refractivity contribution in [1.82, 2.24) is 39.0 Å². The molecule has 28 heavy (non-hydrogen) atoms. The summed E-state index contributed by atoms with van der Waals surface area (Å²) in [4.78, 5) is 25.2. The van der Waals surface area contributed by atoms with Crippen LogP contribution in [0.1, 0.15) is 51.4 Å². The number of fused-ring (bicyclic) bond motifs is 2. The Balaban J connectivity index is 0.000000161. The van der Waals surface area contributed by atoms with Crippen LogP contribution < -0.4 is 11.5 Å². The van der Waals surface area contributed by atoms with Crippen LogP contribution in [0.15, 0.2) is 12.7 Å². The van der Waals surface area contributed by atoms with Gasteiger partial charge >= 0.3 is 0 Å². The Hall–Kier alpha value is -3.30. The molecule has 4 aromatic rings. The molecule has 0 aliphatic heterocycles. The van der Waals surface area contributed by atoms with Gasteiger partial charge in [0, 0.05) is 12.1 Å². The third-order valence-corrected chi connectivity index (χ3v) is 4.23. The molecule has 4 rings (SSSR count). The van der Waals surface area contributed by atoms with Crippen LogP contribution in [0.4, 0.5) is 11.6 Å². The maximum Gasteiger partial charge on any atom is 0.165 e. The van der Waals surface area contributed by atoms with Gasteiger partial charge in [0.1, 0.15) is 22.7 Å². The second kappa shape index (κ2) is 7.37. The highest BCUT2D eigenvalue weighted by molar-refractivity contribution is 5.82. The van der Waals surface area contributed by atoms with E-state index in [-0.39, 0.29) is 0 Å². The van der Waals surface area contributed by atoms with Crippen LogP contribution in [0.5, 0.6) is 0 Å². The minimum absolute atomic E-state index is 0.327. The number of hydrogen-bond donors (Lipinski definition) is 2. The van der Waals surface area contributed by atoms with Crippen molar-refractivity contribution in [2.45, 2.75) is 53.6 Å². The lowest BCUT2D eigenvalue weighted by Gasteiger charge is -2.07. The van der Waals surface area contributed by atoms with Crippen LogP contribution in [0.25, 0.3) is 22.3 Å². The molecule has 0 spiro atoms. The zero-order valence-electron chi connectivity index (χ0n) is 17.0. The molecule has 0 unspecified atom stereocenters. The fourth-order valence-corrected chi connectivity index (χ4v) is 2.86. The van der Waals surface area contributed by atoms with Gasteiger partial charge in [-0.3, -0.25) is 0 Å². The fraction of sp³-hybridized carbons (Fsp3) is 0.444. The van der Waals surface area contributed by atoms with Gasteiger partial charge in [0.2, 0.25) is 0 Å². The van der Waals surface area contributed by atoms with Crippen molar-refractivity contribution in [3.05, 3.63) is 24.3 Å². The summed E-state index contributed by atoms with van der Waals surface area (Å²) < 4.78 is 3.97. The van der Waals surface area contributed by atoms with E-state index in [1.165, 1.54) is 0 Å². The number of aryl methyl sites for hydroxylation is 2. The zero-order chi connectivity index (χ0) is 20.6. The summed E-state index contributed by atoms with van der Waals surface area (Å²) in [5, 5.41) is 0. The van der Waals surface area contributed by atoms with E-state index in [0.717, 1.165) is 11.3 Å². The standard InChI is InChI=1S/2C9H13N5/c2*1-5(2)14-4-11-7-8(10)12-6(3)13-9(7)14/h2*4-5H,1-3H3,(H2,10,12,13). The second-order valence-electron chi connectivity index (χ2n) is 7.15. The molecule has 4 aromatic heterocycles. The molecule has 10 heteroatoms. The smallest absolute Gasteiger partial charge is 0.165 e. The van der Waals surface area contributed by atoms with E-state index >= 15 is 0 Å². The van der Waals surface area contributed by atoms with E-state index in [2.05, 4.69) is 57.6 Å². The van der Waals surface area contributed by atoms with Gasteiger partial charge in [0.05, 0.1) is 12.7 Å². The molecule has 4 heterocycles. The van der Waals surface area contributed by atoms with Crippen molar-refractivity contribution >= 4 is 34.0 Å². The van der Waals surface area contributed by atoms with Crippen molar-refractivity contribution < 1.29 is 0 Å². The van der Waals surface area contributed by atoms with E-state index in [9.17, 15) is 0 Å². The van der Waals surface area contributed by atoms with Crippen LogP contribution >= 0.6 is 0 Å². The number of nitrogen functional groups attached to an aromatic ring is 2. The second-order valence-corrected chi connectivity index (χ2v) is 7.15. The summed E-state index contributed by atoms with van der Waals surface area (Å²) >= 11 is 0. The molecule has 0 fully saturated rings. The molecule has 0 saturated heterocycles. The lowest BCUT2D eigenvalue weighted by molar-refractivity contribution is 0.612. The van der Waals surface area contributed by atoms with Crippen molar-refractivity contribution in [3.8, 4) is 0 Å². The third-order valence-electron chi connectivity index (χ3n) is 4.23. The molecule has 0 radical (unpaired) electrons. The molecule has 0 atom stereocenters. The largest absolute Gasteiger partial charge is 0.382 e. The van der Waals surface area contributed by atoms with Gasteiger partial charge in [-0.05, 0) is 41.5 Å². The van der Waals surface area contributed by atoms with Crippen LogP contribution in [0, 0.1) is 13.8 Å². The predicted molar refractivity (Wildman–Crippen MR) is 110 cm³/mol. The van der Waals surface area contributed by atoms with Crippen molar-refractivity contribution in [2.75, 3.05) is 11.5 Å². The third kappa shape index (κ3) is 3.57. The average Bonchev–Trinajstić information content (AvgIpc) is 3.19. The molecule has 0 bridgehead atoms. The molecule has 0 aromatic carbocycles. The van der Waals surface area contributed by atoms with Gasteiger partial charge in [-0.1, -0.05) is 0 Å². The number of imidazole rings is 2. The molecular formula is C18H26N10. The van der Waals surface area contributed by atoms with E-state index in [0.29, 0.717) is 46.4 Å². The van der Waals surface area contributed by atoms with Crippen LogP contribution in [0.2, 0.25) is 0 Å². The van der Waals surface area contributed by atoms with Crippen LogP contribution in [0.3, 0.4) is 0 Å². The lowest BCUT2D eigenvalue weighted by Crippen LogP contribution is -2.03. The van der Waals surface area contributed by atoms with Crippen LogP contribution in [-0.2, 0) is 0 Å². The first-order valence-corrected chi connectivity index (χ1v) is 9.12. The Kier molecular flexibility index (Phi) is 5.12.